The Labute approximate surface area is 642 Å². The molecule has 1 rings (SSSR count). The van der Waals surface area contributed by atoms with Gasteiger partial charge in [-0.25, -0.2) is 0 Å². The minimum atomic E-state index is -3.25. The molecule has 0 aromatic carbocycles. The summed E-state index contributed by atoms with van der Waals surface area (Å²) in [5, 5.41) is 25.1. The molecule has 0 amide bonds. The molecule has 0 aromatic heterocycles. The van der Waals surface area contributed by atoms with Crippen molar-refractivity contribution in [1.29, 1.82) is 0 Å². The molecule has 0 spiro atoms. The molecule has 0 radical (unpaired) electrons. The number of hydrogen-bond donors (Lipinski definition) is 2. The molecule has 1 saturated heterocycles. The molecule has 4 atom stereocenters. The van der Waals surface area contributed by atoms with Crippen LogP contribution < -0.4 is 0 Å². The average molecular weight is 1490 g/mol. The minimum Gasteiger partial charge on any atom is -0.466 e. The second-order valence-electron chi connectivity index (χ2n) is 29.8. The lowest BCUT2D eigenvalue weighted by atomic mass is 9.68. The van der Waals surface area contributed by atoms with Crippen LogP contribution in [0.4, 0.5) is 0 Å². The Kier molecular flexibility index (Phi) is 81.0. The third-order valence-electron chi connectivity index (χ3n) is 18.3. The molecular weight excluding hydrogens is 1320 g/mol. The summed E-state index contributed by atoms with van der Waals surface area (Å²) in [6.07, 6.45) is 81.2. The molecule has 1 fully saturated rings. The number of esters is 2. The summed E-state index contributed by atoms with van der Waals surface area (Å²) in [6.45, 7) is 20.2. The lowest BCUT2D eigenvalue weighted by Crippen LogP contribution is -2.51. The first-order valence-corrected chi connectivity index (χ1v) is 43.6. The van der Waals surface area contributed by atoms with E-state index in [1.165, 1.54) is 226 Å². The van der Waals surface area contributed by atoms with Gasteiger partial charge in [0.1, 0.15) is 23.9 Å². The van der Waals surface area contributed by atoms with Gasteiger partial charge < -0.3 is 39.1 Å². The predicted molar refractivity (Wildman–Crippen MR) is 444 cm³/mol. The lowest BCUT2D eigenvalue weighted by molar-refractivity contribution is -0.151. The van der Waals surface area contributed by atoms with Crippen LogP contribution in [-0.2, 0) is 47.7 Å². The van der Waals surface area contributed by atoms with Gasteiger partial charge in [-0.1, -0.05) is 235 Å². The second kappa shape index (κ2) is 79.0. The largest absolute Gasteiger partial charge is 0.466 e. The standard InChI is InChI=1S/C63H117NO2.C10H19NO3.C6H10O3.C5H13NO3S.C4H8O/c1-7-10-13-16-19-22-25-28-31-34-37-40-43-46-49-52-55-59-63(66,58-54-51-48-45-42-39-36-33-30-27-24-21-18-15-12-9-3)61(56-60-64(5)6)62(4,65)57-53-50-47-44-41-38-35-32-29-26-23-20-17-14-11-8-2;1-5-14-10(13)9(8(2)12)6-7-11(3)4;1-3-9-6(8)4-5(2)7;1-6(2)4-5-9-10(3,7)8;1-2-4-5-3-1/h19-24,28-33,61,65-66H,7-18,25-27,34-60H2,1-6H3;9H,5-7H2,1-4H3;3-4H2,1-2H3;4-5H2,1-3H3;1-4H2/b22-19-,23-20-,24-21-,31-28-,32-29-,33-30-;;;;. The number of carbonyl (C=O) groups excluding carboxylic acids is 4. The Morgan fingerprint density at radius 2 is 0.779 bits per heavy atom. The number of carbonyl (C=O) groups is 4. The second-order valence-corrected chi connectivity index (χ2v) is 31.4. The molecule has 15 nitrogen and oxygen atoms in total. The van der Waals surface area contributed by atoms with Crippen LogP contribution in [0.3, 0.4) is 0 Å². The minimum absolute atomic E-state index is 0.103. The third-order valence-corrected chi connectivity index (χ3v) is 18.9. The highest BCUT2D eigenvalue weighted by atomic mass is 32.2. The number of Topliss-reactive ketones (excluding diaryl/α,β-unsaturated/α-hetero) is 2. The Bertz CT molecular complexity index is 2210. The summed E-state index contributed by atoms with van der Waals surface area (Å²) in [5.74, 6) is -1.82. The Morgan fingerprint density at radius 3 is 1.08 bits per heavy atom. The van der Waals surface area contributed by atoms with E-state index in [1.54, 1.807) is 13.8 Å². The van der Waals surface area contributed by atoms with E-state index in [2.05, 4.69) is 129 Å². The van der Waals surface area contributed by atoms with Gasteiger partial charge in [0.15, 0.2) is 0 Å². The van der Waals surface area contributed by atoms with Crippen LogP contribution in [0.15, 0.2) is 72.9 Å². The highest BCUT2D eigenvalue weighted by molar-refractivity contribution is 7.86. The van der Waals surface area contributed by atoms with E-state index >= 15 is 0 Å². The molecule has 2 N–H and O–H groups in total. The van der Waals surface area contributed by atoms with Crippen molar-refractivity contribution in [2.45, 2.75) is 356 Å². The molecule has 4 unspecified atom stereocenters. The van der Waals surface area contributed by atoms with Crippen molar-refractivity contribution in [1.82, 2.24) is 14.7 Å². The van der Waals surface area contributed by atoms with Crippen molar-refractivity contribution in [3.63, 3.8) is 0 Å². The number of aliphatic hydroxyl groups is 2. The normalized spacial score (nSPS) is 14.3. The fourth-order valence-corrected chi connectivity index (χ4v) is 12.5. The Morgan fingerprint density at radius 1 is 0.452 bits per heavy atom. The molecule has 0 bridgehead atoms. The van der Waals surface area contributed by atoms with Gasteiger partial charge >= 0.3 is 11.9 Å². The van der Waals surface area contributed by atoms with Gasteiger partial charge in [-0.2, -0.15) is 8.42 Å². The molecule has 16 heteroatoms. The van der Waals surface area contributed by atoms with Crippen LogP contribution >= 0.6 is 0 Å². The number of ketones is 2. The van der Waals surface area contributed by atoms with Gasteiger partial charge in [0.2, 0.25) is 0 Å². The topological polar surface area (TPSA) is 190 Å². The Balaban J connectivity index is -0.00000104. The van der Waals surface area contributed by atoms with Crippen LogP contribution in [0, 0.1) is 11.8 Å². The number of nitrogens with zero attached hydrogens (tertiary/aromatic N) is 3. The predicted octanol–water partition coefficient (Wildman–Crippen LogP) is 21.6. The number of allylic oxidation sites excluding steroid dienone is 12. The molecule has 1 aliphatic rings. The molecule has 1 heterocycles. The first-order chi connectivity index (χ1) is 49.8. The van der Waals surface area contributed by atoms with Crippen LogP contribution in [0.1, 0.15) is 344 Å². The zero-order valence-electron chi connectivity index (χ0n) is 70.3. The number of likely N-dealkylation sites (N-methyl/N-ethyl adjacent to an activating group) is 1. The van der Waals surface area contributed by atoms with E-state index in [0.717, 1.165) is 90.2 Å². The molecule has 0 saturated carbocycles. The van der Waals surface area contributed by atoms with Gasteiger partial charge in [0.05, 0.1) is 37.3 Å². The fourth-order valence-electron chi connectivity index (χ4n) is 12.1. The average Bonchev–Trinajstić information content (AvgIpc) is 0.827. The van der Waals surface area contributed by atoms with Gasteiger partial charge in [-0.05, 0) is 231 Å². The smallest absolute Gasteiger partial charge is 0.316 e. The molecule has 0 aliphatic carbocycles. The van der Waals surface area contributed by atoms with E-state index in [4.69, 9.17) is 9.47 Å². The SMILES string of the molecule is C1CCOC1.CCCCC/C=C\C/C=C\CCCCCCCCCC(O)(CCCCCCCC/C=C\C/C=C\CCCCC)C(CCN(C)C)C(C)(O)CCCCCCCC/C=C\C/C=C\CCCCC.CCOC(=O)C(CCN(C)C)C(C)=O.CCOC(=O)CC(C)=O.CN(C)CCOS(C)(=O)=O. The summed E-state index contributed by atoms with van der Waals surface area (Å²) in [5.41, 5.74) is -1.68. The zero-order chi connectivity index (χ0) is 78.5. The fraction of sp³-hybridized carbons (Fsp3) is 0.818. The molecule has 0 aromatic rings. The molecule has 104 heavy (non-hydrogen) atoms. The maximum Gasteiger partial charge on any atom is 0.316 e. The first-order valence-electron chi connectivity index (χ1n) is 41.8. The summed E-state index contributed by atoms with van der Waals surface area (Å²) in [6, 6.07) is 0. The van der Waals surface area contributed by atoms with Gasteiger partial charge in [0, 0.05) is 25.7 Å². The van der Waals surface area contributed by atoms with Crippen molar-refractivity contribution < 1.29 is 56.2 Å². The maximum absolute atomic E-state index is 12.8. The van der Waals surface area contributed by atoms with Crippen molar-refractivity contribution in [3.05, 3.63) is 72.9 Å². The highest BCUT2D eigenvalue weighted by Gasteiger charge is 2.45. The van der Waals surface area contributed by atoms with Crippen molar-refractivity contribution >= 4 is 33.6 Å². The van der Waals surface area contributed by atoms with Gasteiger partial charge in [-0.3, -0.25) is 23.4 Å². The van der Waals surface area contributed by atoms with E-state index in [0.29, 0.717) is 32.7 Å². The molecular formula is C88H167N3O12S. The van der Waals surface area contributed by atoms with Crippen LogP contribution in [-0.4, -0.2) is 169 Å². The monoisotopic (exact) mass is 1490 g/mol. The molecule has 1 aliphatic heterocycles. The molecule has 612 valence electrons. The Hall–Kier alpha value is -3.61. The number of rotatable bonds is 64. The van der Waals surface area contributed by atoms with E-state index < -0.39 is 39.2 Å². The van der Waals surface area contributed by atoms with Gasteiger partial charge in [0.25, 0.3) is 10.1 Å². The van der Waals surface area contributed by atoms with E-state index in [9.17, 15) is 37.8 Å². The summed E-state index contributed by atoms with van der Waals surface area (Å²) in [4.78, 5) is 49.2. The van der Waals surface area contributed by atoms with Crippen LogP contribution in [0.2, 0.25) is 0 Å². The number of ether oxygens (including phenoxy) is 3. The van der Waals surface area contributed by atoms with Gasteiger partial charge in [-0.15, -0.1) is 0 Å². The zero-order valence-corrected chi connectivity index (χ0v) is 71.1. The lowest BCUT2D eigenvalue weighted by Gasteiger charge is -2.45. The first kappa shape index (κ1) is 107. The van der Waals surface area contributed by atoms with Crippen molar-refractivity contribution in [2.24, 2.45) is 11.8 Å². The maximum atomic E-state index is 12.8. The third kappa shape index (κ3) is 82.4. The van der Waals surface area contributed by atoms with E-state index in [1.807, 2.05) is 38.0 Å². The number of hydrogen-bond acceptors (Lipinski definition) is 15. The summed E-state index contributed by atoms with van der Waals surface area (Å²) >= 11 is 0. The van der Waals surface area contributed by atoms with Crippen LogP contribution in [0.5, 0.6) is 0 Å². The van der Waals surface area contributed by atoms with E-state index in [-0.39, 0.29) is 30.5 Å². The summed E-state index contributed by atoms with van der Waals surface area (Å²) in [7, 11) is 8.55. The van der Waals surface area contributed by atoms with Crippen molar-refractivity contribution in [2.75, 3.05) is 101 Å². The van der Waals surface area contributed by atoms with Crippen molar-refractivity contribution in [3.8, 4) is 0 Å². The number of unbranched alkanes of at least 4 members (excludes halogenated alkanes) is 28. The summed E-state index contributed by atoms with van der Waals surface area (Å²) < 4.78 is 39.5. The quantitative estimate of drug-likeness (QED) is 0.0192. The highest BCUT2D eigenvalue weighted by Crippen LogP contribution is 2.42. The van der Waals surface area contributed by atoms with Crippen LogP contribution in [0.25, 0.3) is 0 Å².